The molecule has 3 aliphatic rings. The summed E-state index contributed by atoms with van der Waals surface area (Å²) in [6.45, 7) is 3.81. The van der Waals surface area contributed by atoms with E-state index < -0.39 is 30.1 Å². The number of rotatable bonds is 10. The van der Waals surface area contributed by atoms with E-state index in [4.69, 9.17) is 0 Å². The Morgan fingerprint density at radius 3 is 2.45 bits per heavy atom. The van der Waals surface area contributed by atoms with Crippen LogP contribution < -0.4 is 10.6 Å². The summed E-state index contributed by atoms with van der Waals surface area (Å²) in [5.74, 6) is -1.21. The second-order valence-electron chi connectivity index (χ2n) is 9.70. The molecule has 0 bridgehead atoms. The molecular formula is C23H39N3O5. The van der Waals surface area contributed by atoms with Gasteiger partial charge in [0.1, 0.15) is 12.1 Å². The minimum absolute atomic E-state index is 0.0279. The van der Waals surface area contributed by atoms with Gasteiger partial charge < -0.3 is 20.4 Å². The van der Waals surface area contributed by atoms with Gasteiger partial charge in [0.05, 0.1) is 6.04 Å². The van der Waals surface area contributed by atoms with Crippen LogP contribution >= 0.6 is 0 Å². The van der Waals surface area contributed by atoms with Crippen LogP contribution in [0.25, 0.3) is 0 Å². The van der Waals surface area contributed by atoms with Crippen molar-refractivity contribution in [1.82, 2.24) is 15.5 Å². The molecule has 0 spiro atoms. The third-order valence-corrected chi connectivity index (χ3v) is 7.56. The normalized spacial score (nSPS) is 28.7. The molecule has 1 amide bonds. The molecule has 8 heteroatoms. The van der Waals surface area contributed by atoms with E-state index in [1.807, 2.05) is 0 Å². The molecule has 0 aromatic carbocycles. The number of nitrogens with zero attached hydrogens (tertiary/aromatic N) is 1. The number of nitrogens with one attached hydrogen (secondary N) is 2. The van der Waals surface area contributed by atoms with Gasteiger partial charge in [-0.25, -0.2) is 4.79 Å². The molecule has 2 heterocycles. The van der Waals surface area contributed by atoms with E-state index in [0.29, 0.717) is 12.8 Å². The summed E-state index contributed by atoms with van der Waals surface area (Å²) in [5.41, 5.74) is 0. The van der Waals surface area contributed by atoms with Crippen LogP contribution in [0.15, 0.2) is 0 Å². The Bertz CT molecular complexity index is 637. The smallest absolute Gasteiger partial charge is 0.326 e. The van der Waals surface area contributed by atoms with Crippen LogP contribution in [-0.2, 0) is 14.4 Å². The van der Waals surface area contributed by atoms with E-state index in [9.17, 15) is 24.6 Å². The average molecular weight is 438 g/mol. The second kappa shape index (κ2) is 11.3. The van der Waals surface area contributed by atoms with Crippen molar-refractivity contribution in [3.8, 4) is 0 Å². The first kappa shape index (κ1) is 24.0. The predicted octanol–water partition coefficient (Wildman–Crippen LogP) is 2.22. The summed E-state index contributed by atoms with van der Waals surface area (Å²) in [4.78, 5) is 38.4. The Balaban J connectivity index is 1.52. The van der Waals surface area contributed by atoms with Gasteiger partial charge in [0, 0.05) is 6.04 Å². The fourth-order valence-electron chi connectivity index (χ4n) is 5.82. The Kier molecular flexibility index (Phi) is 8.72. The van der Waals surface area contributed by atoms with E-state index in [1.54, 1.807) is 11.8 Å². The predicted molar refractivity (Wildman–Crippen MR) is 117 cm³/mol. The first-order chi connectivity index (χ1) is 14.9. The number of carboxylic acids is 2. The maximum atomic E-state index is 13.2. The highest BCUT2D eigenvalue weighted by atomic mass is 16.4. The summed E-state index contributed by atoms with van der Waals surface area (Å²) in [5, 5.41) is 25.7. The first-order valence-electron chi connectivity index (χ1n) is 12.1. The quantitative estimate of drug-likeness (QED) is 0.387. The van der Waals surface area contributed by atoms with Crippen LogP contribution in [0.4, 0.5) is 0 Å². The molecule has 4 N–H and O–H groups in total. The summed E-state index contributed by atoms with van der Waals surface area (Å²) < 4.78 is 0. The molecule has 0 aromatic heterocycles. The lowest BCUT2D eigenvalue weighted by Crippen LogP contribution is -2.55. The lowest BCUT2D eigenvalue weighted by molar-refractivity contribution is -0.151. The summed E-state index contributed by atoms with van der Waals surface area (Å²) in [6.07, 6.45) is 10.2. The van der Waals surface area contributed by atoms with Crippen LogP contribution in [0.1, 0.15) is 77.6 Å². The summed E-state index contributed by atoms with van der Waals surface area (Å²) in [7, 11) is 0. The van der Waals surface area contributed by atoms with Crippen LogP contribution in [0.3, 0.4) is 0 Å². The van der Waals surface area contributed by atoms with Gasteiger partial charge in [-0.05, 0) is 70.4 Å². The number of amides is 1. The van der Waals surface area contributed by atoms with Crippen molar-refractivity contribution in [3.05, 3.63) is 0 Å². The van der Waals surface area contributed by atoms with E-state index in [-0.39, 0.29) is 17.9 Å². The second-order valence-corrected chi connectivity index (χ2v) is 9.70. The fraction of sp³-hybridized carbons (Fsp3) is 0.870. The average Bonchev–Trinajstić information content (AvgIpc) is 3.15. The van der Waals surface area contributed by atoms with E-state index in [2.05, 4.69) is 10.6 Å². The minimum Gasteiger partial charge on any atom is -0.480 e. The standard InChI is InChI=1S/C23H39N3O5/c1-15(21(27)26-19-9-5-3-7-17(19)14-20(26)23(30)31)25-18(22(28)29)8-4-2-6-16-10-12-24-13-11-16/h15-20,24-25H,2-14H2,1H3,(H,28,29)(H,30,31). The van der Waals surface area contributed by atoms with Crippen molar-refractivity contribution < 1.29 is 24.6 Å². The van der Waals surface area contributed by atoms with E-state index >= 15 is 0 Å². The molecular weight excluding hydrogens is 398 g/mol. The first-order valence-corrected chi connectivity index (χ1v) is 12.1. The lowest BCUT2D eigenvalue weighted by atomic mass is 9.84. The Labute approximate surface area is 185 Å². The number of hydrogen-bond acceptors (Lipinski definition) is 5. The van der Waals surface area contributed by atoms with E-state index in [0.717, 1.165) is 64.0 Å². The lowest BCUT2D eigenvalue weighted by Gasteiger charge is -2.35. The van der Waals surface area contributed by atoms with Crippen molar-refractivity contribution in [2.45, 2.75) is 102 Å². The van der Waals surface area contributed by atoms with Crippen molar-refractivity contribution >= 4 is 17.8 Å². The highest BCUT2D eigenvalue weighted by molar-refractivity contribution is 5.88. The number of piperidine rings is 1. The molecule has 5 unspecified atom stereocenters. The zero-order chi connectivity index (χ0) is 22.4. The van der Waals surface area contributed by atoms with Crippen LogP contribution in [0, 0.1) is 11.8 Å². The van der Waals surface area contributed by atoms with Crippen molar-refractivity contribution in [3.63, 3.8) is 0 Å². The Morgan fingerprint density at radius 2 is 1.77 bits per heavy atom. The topological polar surface area (TPSA) is 119 Å². The number of unbranched alkanes of at least 4 members (excludes halogenated alkanes) is 1. The third kappa shape index (κ3) is 6.19. The highest BCUT2D eigenvalue weighted by Crippen LogP contribution is 2.40. The number of aliphatic carboxylic acids is 2. The Hall–Kier alpha value is -1.67. The number of carboxylic acid groups (broad SMARTS) is 2. The molecule has 3 rings (SSSR count). The van der Waals surface area contributed by atoms with Crippen LogP contribution in [-0.4, -0.2) is 70.2 Å². The van der Waals surface area contributed by atoms with Gasteiger partial charge >= 0.3 is 11.9 Å². The van der Waals surface area contributed by atoms with Gasteiger partial charge in [0.25, 0.3) is 0 Å². The molecule has 3 fully saturated rings. The van der Waals surface area contributed by atoms with Crippen molar-refractivity contribution in [2.75, 3.05) is 13.1 Å². The third-order valence-electron chi connectivity index (χ3n) is 7.56. The molecule has 31 heavy (non-hydrogen) atoms. The van der Waals surface area contributed by atoms with Crippen molar-refractivity contribution in [2.24, 2.45) is 11.8 Å². The summed E-state index contributed by atoms with van der Waals surface area (Å²) in [6, 6.07) is -2.33. The molecule has 2 aliphatic heterocycles. The molecule has 0 aromatic rings. The number of likely N-dealkylation sites (tertiary alicyclic amines) is 1. The summed E-state index contributed by atoms with van der Waals surface area (Å²) >= 11 is 0. The Morgan fingerprint density at radius 1 is 1.06 bits per heavy atom. The van der Waals surface area contributed by atoms with Gasteiger partial charge in [-0.1, -0.05) is 32.1 Å². The van der Waals surface area contributed by atoms with Crippen LogP contribution in [0.2, 0.25) is 0 Å². The number of fused-ring (bicyclic) bond motifs is 1. The monoisotopic (exact) mass is 437 g/mol. The maximum absolute atomic E-state index is 13.2. The number of carbonyl (C=O) groups is 3. The van der Waals surface area contributed by atoms with Gasteiger partial charge in [-0.2, -0.15) is 0 Å². The highest BCUT2D eigenvalue weighted by Gasteiger charge is 2.48. The minimum atomic E-state index is -0.956. The van der Waals surface area contributed by atoms with Gasteiger partial charge in [-0.3, -0.25) is 14.9 Å². The molecule has 176 valence electrons. The van der Waals surface area contributed by atoms with Gasteiger partial charge in [0.15, 0.2) is 0 Å². The largest absolute Gasteiger partial charge is 0.480 e. The molecule has 1 aliphatic carbocycles. The maximum Gasteiger partial charge on any atom is 0.326 e. The van der Waals surface area contributed by atoms with Crippen LogP contribution in [0.5, 0.6) is 0 Å². The molecule has 8 nitrogen and oxygen atoms in total. The molecule has 2 saturated heterocycles. The molecule has 1 saturated carbocycles. The fourth-order valence-corrected chi connectivity index (χ4v) is 5.82. The molecule has 0 radical (unpaired) electrons. The SMILES string of the molecule is CC(NC(CCCCC1CCNCC1)C(=O)O)C(=O)N1C(C(=O)O)CC2CCCCC21. The van der Waals surface area contributed by atoms with Crippen molar-refractivity contribution in [1.29, 1.82) is 0 Å². The zero-order valence-electron chi connectivity index (χ0n) is 18.7. The number of hydrogen-bond donors (Lipinski definition) is 4. The van der Waals surface area contributed by atoms with E-state index in [1.165, 1.54) is 12.8 Å². The zero-order valence-corrected chi connectivity index (χ0v) is 18.7. The molecule has 5 atom stereocenters. The number of carbonyl (C=O) groups excluding carboxylic acids is 1. The van der Waals surface area contributed by atoms with Gasteiger partial charge in [-0.15, -0.1) is 0 Å². The van der Waals surface area contributed by atoms with Gasteiger partial charge in [0.2, 0.25) is 5.91 Å².